The predicted molar refractivity (Wildman–Crippen MR) is 67.0 cm³/mol. The van der Waals surface area contributed by atoms with Crippen LogP contribution in [0, 0.1) is 0 Å². The van der Waals surface area contributed by atoms with E-state index >= 15 is 0 Å². The molecule has 0 amide bonds. The number of nitrogens with zero attached hydrogens (tertiary/aromatic N) is 1. The summed E-state index contributed by atoms with van der Waals surface area (Å²) in [6.07, 6.45) is 1.75. The Morgan fingerprint density at radius 1 is 1.50 bits per heavy atom. The monoisotopic (exact) mass is 254 g/mol. The summed E-state index contributed by atoms with van der Waals surface area (Å²) in [6.45, 7) is 0.0225. The molecule has 1 aromatic carbocycles. The van der Waals surface area contributed by atoms with Crippen LogP contribution in [0.2, 0.25) is 5.02 Å². The van der Waals surface area contributed by atoms with Crippen molar-refractivity contribution in [1.29, 1.82) is 0 Å². The number of rotatable bonds is 4. The zero-order valence-corrected chi connectivity index (χ0v) is 10.0. The fourth-order valence-corrected chi connectivity index (χ4v) is 2.24. The molecule has 0 spiro atoms. The van der Waals surface area contributed by atoms with Gasteiger partial charge in [0.1, 0.15) is 0 Å². The molecule has 2 rings (SSSR count). The van der Waals surface area contributed by atoms with Gasteiger partial charge in [0.05, 0.1) is 18.2 Å². The van der Waals surface area contributed by atoms with Crippen LogP contribution in [0.25, 0.3) is 0 Å². The summed E-state index contributed by atoms with van der Waals surface area (Å²) >= 11 is 7.40. The Balaban J connectivity index is 2.13. The molecule has 1 atom stereocenters. The highest BCUT2D eigenvalue weighted by atomic mass is 35.5. The van der Waals surface area contributed by atoms with E-state index in [0.29, 0.717) is 5.02 Å². The van der Waals surface area contributed by atoms with Gasteiger partial charge in [0.25, 0.3) is 0 Å². The Kier molecular flexibility index (Phi) is 3.77. The molecule has 0 saturated heterocycles. The fraction of sp³-hybridized carbons (Fsp3) is 0.182. The summed E-state index contributed by atoms with van der Waals surface area (Å²) in [5.41, 5.74) is 2.64. The van der Waals surface area contributed by atoms with Crippen LogP contribution in [-0.2, 0) is 0 Å². The molecule has 2 aromatic rings. The SMILES string of the molecule is OCC(Nc1cccc(Cl)c1)c1cncs1. The molecule has 1 heterocycles. The Morgan fingerprint density at radius 3 is 3.00 bits per heavy atom. The highest BCUT2D eigenvalue weighted by Gasteiger charge is 2.11. The van der Waals surface area contributed by atoms with E-state index in [1.807, 2.05) is 24.3 Å². The molecule has 0 radical (unpaired) electrons. The minimum absolute atomic E-state index is 0.0225. The topological polar surface area (TPSA) is 45.1 Å². The lowest BCUT2D eigenvalue weighted by Crippen LogP contribution is -2.13. The number of aliphatic hydroxyl groups is 1. The van der Waals surface area contributed by atoms with Crippen molar-refractivity contribution in [1.82, 2.24) is 4.98 Å². The van der Waals surface area contributed by atoms with Crippen LogP contribution < -0.4 is 5.32 Å². The van der Waals surface area contributed by atoms with Crippen LogP contribution in [0.5, 0.6) is 0 Å². The van der Waals surface area contributed by atoms with Crippen LogP contribution in [0.4, 0.5) is 5.69 Å². The first-order valence-electron chi connectivity index (χ1n) is 4.81. The standard InChI is InChI=1S/C11H11ClN2OS/c12-8-2-1-3-9(4-8)14-10(6-15)11-5-13-7-16-11/h1-5,7,10,14-15H,6H2. The van der Waals surface area contributed by atoms with Crippen LogP contribution in [0.3, 0.4) is 0 Å². The van der Waals surface area contributed by atoms with Crippen LogP contribution in [0.15, 0.2) is 36.0 Å². The van der Waals surface area contributed by atoms with E-state index in [1.165, 1.54) is 11.3 Å². The molecule has 0 fully saturated rings. The number of hydrogen-bond donors (Lipinski definition) is 2. The molecule has 84 valence electrons. The summed E-state index contributed by atoms with van der Waals surface area (Å²) in [4.78, 5) is 4.99. The minimum Gasteiger partial charge on any atom is -0.394 e. The van der Waals surface area contributed by atoms with Gasteiger partial charge in [-0.25, -0.2) is 0 Å². The first kappa shape index (κ1) is 11.4. The molecule has 0 saturated carbocycles. The number of nitrogens with one attached hydrogen (secondary N) is 1. The zero-order chi connectivity index (χ0) is 11.4. The molecule has 0 aliphatic carbocycles. The number of aromatic nitrogens is 1. The molecule has 0 bridgehead atoms. The average Bonchev–Trinajstić information content (AvgIpc) is 2.79. The number of thiazole rings is 1. The lowest BCUT2D eigenvalue weighted by atomic mass is 10.2. The second kappa shape index (κ2) is 5.30. The van der Waals surface area contributed by atoms with E-state index in [2.05, 4.69) is 10.3 Å². The summed E-state index contributed by atoms with van der Waals surface area (Å²) in [5, 5.41) is 13.2. The van der Waals surface area contributed by atoms with E-state index < -0.39 is 0 Å². The van der Waals surface area contributed by atoms with E-state index in [-0.39, 0.29) is 12.6 Å². The molecule has 1 unspecified atom stereocenters. The first-order valence-corrected chi connectivity index (χ1v) is 6.06. The zero-order valence-electron chi connectivity index (χ0n) is 8.43. The van der Waals surface area contributed by atoms with Gasteiger partial charge in [0.15, 0.2) is 0 Å². The van der Waals surface area contributed by atoms with Crippen LogP contribution in [-0.4, -0.2) is 16.7 Å². The normalized spacial score (nSPS) is 12.4. The molecule has 5 heteroatoms. The van der Waals surface area contributed by atoms with Gasteiger partial charge in [-0.2, -0.15) is 0 Å². The molecule has 3 nitrogen and oxygen atoms in total. The Bertz CT molecular complexity index is 447. The van der Waals surface area contributed by atoms with Crippen molar-refractivity contribution in [2.24, 2.45) is 0 Å². The summed E-state index contributed by atoms with van der Waals surface area (Å²) < 4.78 is 0. The maximum atomic E-state index is 9.31. The molecule has 16 heavy (non-hydrogen) atoms. The summed E-state index contributed by atoms with van der Waals surface area (Å²) in [5.74, 6) is 0. The molecule has 2 N–H and O–H groups in total. The van der Waals surface area contributed by atoms with Crippen molar-refractivity contribution in [2.45, 2.75) is 6.04 Å². The number of aliphatic hydroxyl groups excluding tert-OH is 1. The Labute approximate surface area is 103 Å². The van der Waals surface area contributed by atoms with Gasteiger partial charge in [-0.05, 0) is 18.2 Å². The number of benzene rings is 1. The van der Waals surface area contributed by atoms with Gasteiger partial charge in [0, 0.05) is 21.8 Å². The molecule has 0 aliphatic heterocycles. The van der Waals surface area contributed by atoms with Gasteiger partial charge < -0.3 is 10.4 Å². The molecular formula is C11H11ClN2OS. The average molecular weight is 255 g/mol. The van der Waals surface area contributed by atoms with Crippen molar-refractivity contribution >= 4 is 28.6 Å². The van der Waals surface area contributed by atoms with Crippen molar-refractivity contribution in [2.75, 3.05) is 11.9 Å². The van der Waals surface area contributed by atoms with Gasteiger partial charge in [0.2, 0.25) is 0 Å². The van der Waals surface area contributed by atoms with Crippen molar-refractivity contribution in [3.8, 4) is 0 Å². The van der Waals surface area contributed by atoms with E-state index in [0.717, 1.165) is 10.6 Å². The third kappa shape index (κ3) is 2.72. The Morgan fingerprint density at radius 2 is 2.38 bits per heavy atom. The van der Waals surface area contributed by atoms with E-state index in [4.69, 9.17) is 11.6 Å². The third-order valence-corrected chi connectivity index (χ3v) is 3.27. The lowest BCUT2D eigenvalue weighted by molar-refractivity contribution is 0.277. The van der Waals surface area contributed by atoms with Crippen molar-refractivity contribution in [3.63, 3.8) is 0 Å². The minimum atomic E-state index is -0.133. The van der Waals surface area contributed by atoms with Gasteiger partial charge in [-0.15, -0.1) is 11.3 Å². The highest BCUT2D eigenvalue weighted by molar-refractivity contribution is 7.09. The van der Waals surface area contributed by atoms with Crippen molar-refractivity contribution < 1.29 is 5.11 Å². The van der Waals surface area contributed by atoms with Gasteiger partial charge in [-0.3, -0.25) is 4.98 Å². The first-order chi connectivity index (χ1) is 7.79. The Hall–Kier alpha value is -1.10. The lowest BCUT2D eigenvalue weighted by Gasteiger charge is -2.15. The number of anilines is 1. The number of halogens is 1. The second-order valence-corrected chi connectivity index (χ2v) is 4.65. The van der Waals surface area contributed by atoms with Gasteiger partial charge in [-0.1, -0.05) is 17.7 Å². The predicted octanol–water partition coefficient (Wildman–Crippen LogP) is 2.94. The van der Waals surface area contributed by atoms with Crippen LogP contribution in [0.1, 0.15) is 10.9 Å². The maximum Gasteiger partial charge on any atom is 0.0853 e. The van der Waals surface area contributed by atoms with Gasteiger partial charge >= 0.3 is 0 Å². The van der Waals surface area contributed by atoms with Crippen LogP contribution >= 0.6 is 22.9 Å². The van der Waals surface area contributed by atoms with Crippen molar-refractivity contribution in [3.05, 3.63) is 45.9 Å². The maximum absolute atomic E-state index is 9.31. The highest BCUT2D eigenvalue weighted by Crippen LogP contribution is 2.23. The largest absolute Gasteiger partial charge is 0.394 e. The fourth-order valence-electron chi connectivity index (χ4n) is 1.38. The molecule has 0 aliphatic rings. The second-order valence-electron chi connectivity index (χ2n) is 3.29. The third-order valence-electron chi connectivity index (χ3n) is 2.14. The molecule has 1 aromatic heterocycles. The van der Waals surface area contributed by atoms with E-state index in [9.17, 15) is 5.11 Å². The molecular weight excluding hydrogens is 244 g/mol. The summed E-state index contributed by atoms with van der Waals surface area (Å²) in [7, 11) is 0. The van der Waals surface area contributed by atoms with E-state index in [1.54, 1.807) is 11.7 Å². The smallest absolute Gasteiger partial charge is 0.0853 e. The quantitative estimate of drug-likeness (QED) is 0.882. The summed E-state index contributed by atoms with van der Waals surface area (Å²) in [6, 6.07) is 7.28. The number of hydrogen-bond acceptors (Lipinski definition) is 4.